The number of hydrogen-bond acceptors (Lipinski definition) is 2. The summed E-state index contributed by atoms with van der Waals surface area (Å²) in [6, 6.07) is 10.6. The summed E-state index contributed by atoms with van der Waals surface area (Å²) in [6.45, 7) is 7.00. The Hall–Kier alpha value is -1.61. The molecule has 3 heteroatoms. The zero-order chi connectivity index (χ0) is 12.4. The molecule has 0 saturated carbocycles. The summed E-state index contributed by atoms with van der Waals surface area (Å²) in [5, 5.41) is 4.52. The van der Waals surface area contributed by atoms with Crippen molar-refractivity contribution in [3.63, 3.8) is 0 Å². The SMILES string of the molecule is CCn1nc(C(C)N)cc1-c1ccc(C)cc1. The van der Waals surface area contributed by atoms with Gasteiger partial charge in [-0.2, -0.15) is 5.10 Å². The summed E-state index contributed by atoms with van der Waals surface area (Å²) in [5.41, 5.74) is 10.4. The third kappa shape index (κ3) is 2.39. The topological polar surface area (TPSA) is 43.8 Å². The van der Waals surface area contributed by atoms with Gasteiger partial charge in [0.2, 0.25) is 0 Å². The molecule has 90 valence electrons. The molecule has 0 radical (unpaired) electrons. The molecule has 2 N–H and O–H groups in total. The molecule has 1 aromatic heterocycles. The molecule has 0 bridgehead atoms. The van der Waals surface area contributed by atoms with Crippen LogP contribution in [0.5, 0.6) is 0 Å². The summed E-state index contributed by atoms with van der Waals surface area (Å²) in [6.07, 6.45) is 0. The Bertz CT molecular complexity index is 495. The summed E-state index contributed by atoms with van der Waals surface area (Å²) >= 11 is 0. The van der Waals surface area contributed by atoms with Crippen molar-refractivity contribution in [1.29, 1.82) is 0 Å². The summed E-state index contributed by atoms with van der Waals surface area (Å²) in [7, 11) is 0. The first-order valence-electron chi connectivity index (χ1n) is 6.02. The van der Waals surface area contributed by atoms with Gasteiger partial charge in [0.15, 0.2) is 0 Å². The molecule has 1 heterocycles. The van der Waals surface area contributed by atoms with Crippen LogP contribution in [0, 0.1) is 6.92 Å². The van der Waals surface area contributed by atoms with Crippen molar-refractivity contribution in [2.75, 3.05) is 0 Å². The van der Waals surface area contributed by atoms with Gasteiger partial charge in [-0.1, -0.05) is 29.8 Å². The molecule has 0 aliphatic rings. The van der Waals surface area contributed by atoms with Crippen molar-refractivity contribution in [3.05, 3.63) is 41.6 Å². The molecule has 0 saturated heterocycles. The minimum atomic E-state index is -0.0213. The molecule has 2 rings (SSSR count). The number of aromatic nitrogens is 2. The molecule has 0 fully saturated rings. The molecular formula is C14H19N3. The highest BCUT2D eigenvalue weighted by molar-refractivity contribution is 5.60. The number of aryl methyl sites for hydroxylation is 2. The van der Waals surface area contributed by atoms with Crippen LogP contribution < -0.4 is 5.73 Å². The van der Waals surface area contributed by atoms with Crippen molar-refractivity contribution in [1.82, 2.24) is 9.78 Å². The van der Waals surface area contributed by atoms with Crippen LogP contribution in [0.3, 0.4) is 0 Å². The van der Waals surface area contributed by atoms with Crippen molar-refractivity contribution >= 4 is 0 Å². The molecular weight excluding hydrogens is 210 g/mol. The Morgan fingerprint density at radius 1 is 1.29 bits per heavy atom. The average molecular weight is 229 g/mol. The van der Waals surface area contributed by atoms with Gasteiger partial charge in [0.1, 0.15) is 0 Å². The maximum Gasteiger partial charge on any atom is 0.0795 e. The zero-order valence-electron chi connectivity index (χ0n) is 10.6. The van der Waals surface area contributed by atoms with Crippen molar-refractivity contribution in [3.8, 4) is 11.3 Å². The van der Waals surface area contributed by atoms with Crippen LogP contribution in [0.1, 0.15) is 31.1 Å². The second-order valence-corrected chi connectivity index (χ2v) is 4.42. The van der Waals surface area contributed by atoms with Crippen LogP contribution in [0.15, 0.2) is 30.3 Å². The van der Waals surface area contributed by atoms with Crippen LogP contribution in [0.2, 0.25) is 0 Å². The average Bonchev–Trinajstić information content (AvgIpc) is 2.74. The second-order valence-electron chi connectivity index (χ2n) is 4.42. The van der Waals surface area contributed by atoms with Gasteiger partial charge in [-0.15, -0.1) is 0 Å². The van der Waals surface area contributed by atoms with Crippen LogP contribution in [-0.4, -0.2) is 9.78 Å². The fraction of sp³-hybridized carbons (Fsp3) is 0.357. The highest BCUT2D eigenvalue weighted by atomic mass is 15.3. The lowest BCUT2D eigenvalue weighted by Crippen LogP contribution is -2.07. The third-order valence-electron chi connectivity index (χ3n) is 2.91. The highest BCUT2D eigenvalue weighted by Crippen LogP contribution is 2.23. The Balaban J connectivity index is 2.46. The van der Waals surface area contributed by atoms with E-state index in [0.29, 0.717) is 0 Å². The Kier molecular flexibility index (Phi) is 3.29. The van der Waals surface area contributed by atoms with Crippen LogP contribution in [-0.2, 0) is 6.54 Å². The fourth-order valence-corrected chi connectivity index (χ4v) is 1.86. The molecule has 0 aliphatic carbocycles. The van der Waals surface area contributed by atoms with E-state index in [1.165, 1.54) is 11.1 Å². The quantitative estimate of drug-likeness (QED) is 0.879. The van der Waals surface area contributed by atoms with Gasteiger partial charge in [-0.05, 0) is 32.4 Å². The lowest BCUT2D eigenvalue weighted by Gasteiger charge is -2.04. The summed E-state index contributed by atoms with van der Waals surface area (Å²) in [5.74, 6) is 0. The standard InChI is InChI=1S/C14H19N3/c1-4-17-14(9-13(16-17)11(3)15)12-7-5-10(2)6-8-12/h5-9,11H,4,15H2,1-3H3. The first kappa shape index (κ1) is 11.9. The van der Waals surface area contributed by atoms with Crippen LogP contribution in [0.25, 0.3) is 11.3 Å². The normalized spacial score (nSPS) is 12.7. The summed E-state index contributed by atoms with van der Waals surface area (Å²) in [4.78, 5) is 0. The summed E-state index contributed by atoms with van der Waals surface area (Å²) < 4.78 is 2.00. The van der Waals surface area contributed by atoms with Crippen molar-refractivity contribution in [2.24, 2.45) is 5.73 Å². The van der Waals surface area contributed by atoms with Gasteiger partial charge in [0.25, 0.3) is 0 Å². The van der Waals surface area contributed by atoms with E-state index < -0.39 is 0 Å². The Labute approximate surface area is 102 Å². The predicted octanol–water partition coefficient (Wildman–Crippen LogP) is 2.90. The number of benzene rings is 1. The van der Waals surface area contributed by atoms with Crippen LogP contribution >= 0.6 is 0 Å². The fourth-order valence-electron chi connectivity index (χ4n) is 1.86. The molecule has 1 atom stereocenters. The monoisotopic (exact) mass is 229 g/mol. The van der Waals surface area contributed by atoms with Gasteiger partial charge in [-0.25, -0.2) is 0 Å². The van der Waals surface area contributed by atoms with Gasteiger partial charge in [0, 0.05) is 12.6 Å². The van der Waals surface area contributed by atoms with E-state index in [1.54, 1.807) is 0 Å². The van der Waals surface area contributed by atoms with E-state index in [1.807, 2.05) is 11.6 Å². The molecule has 3 nitrogen and oxygen atoms in total. The molecule has 1 unspecified atom stereocenters. The lowest BCUT2D eigenvalue weighted by atomic mass is 10.1. The van der Waals surface area contributed by atoms with Gasteiger partial charge in [0.05, 0.1) is 11.4 Å². The van der Waals surface area contributed by atoms with E-state index in [9.17, 15) is 0 Å². The molecule has 2 aromatic rings. The van der Waals surface area contributed by atoms with Gasteiger partial charge >= 0.3 is 0 Å². The minimum absolute atomic E-state index is 0.0213. The van der Waals surface area contributed by atoms with E-state index in [2.05, 4.69) is 49.3 Å². The minimum Gasteiger partial charge on any atom is -0.323 e. The largest absolute Gasteiger partial charge is 0.323 e. The lowest BCUT2D eigenvalue weighted by molar-refractivity contribution is 0.636. The number of nitrogens with zero attached hydrogens (tertiary/aromatic N) is 2. The molecule has 17 heavy (non-hydrogen) atoms. The van der Waals surface area contributed by atoms with E-state index in [0.717, 1.165) is 17.9 Å². The predicted molar refractivity (Wildman–Crippen MR) is 70.7 cm³/mol. The third-order valence-corrected chi connectivity index (χ3v) is 2.91. The van der Waals surface area contributed by atoms with Crippen LogP contribution in [0.4, 0.5) is 0 Å². The van der Waals surface area contributed by atoms with E-state index in [-0.39, 0.29) is 6.04 Å². The number of rotatable bonds is 3. The highest BCUT2D eigenvalue weighted by Gasteiger charge is 2.11. The van der Waals surface area contributed by atoms with E-state index in [4.69, 9.17) is 5.73 Å². The molecule has 0 spiro atoms. The smallest absolute Gasteiger partial charge is 0.0795 e. The first-order valence-corrected chi connectivity index (χ1v) is 6.02. The van der Waals surface area contributed by atoms with Gasteiger partial charge < -0.3 is 5.73 Å². The van der Waals surface area contributed by atoms with E-state index >= 15 is 0 Å². The Morgan fingerprint density at radius 3 is 2.47 bits per heavy atom. The van der Waals surface area contributed by atoms with Crippen molar-refractivity contribution in [2.45, 2.75) is 33.4 Å². The maximum atomic E-state index is 5.88. The second kappa shape index (κ2) is 4.72. The molecule has 0 aliphatic heterocycles. The molecule has 1 aromatic carbocycles. The maximum absolute atomic E-state index is 5.88. The number of nitrogens with two attached hydrogens (primary N) is 1. The molecule has 0 amide bonds. The van der Waals surface area contributed by atoms with Crippen molar-refractivity contribution < 1.29 is 0 Å². The Morgan fingerprint density at radius 2 is 1.94 bits per heavy atom. The first-order chi connectivity index (χ1) is 8.11. The number of hydrogen-bond donors (Lipinski definition) is 1. The zero-order valence-corrected chi connectivity index (χ0v) is 10.6. The van der Waals surface area contributed by atoms with Gasteiger partial charge in [-0.3, -0.25) is 4.68 Å².